The smallest absolute Gasteiger partial charge is 0.328 e. The Morgan fingerprint density at radius 1 is 1.11 bits per heavy atom. The van der Waals surface area contributed by atoms with Gasteiger partial charge in [-0.05, 0) is 51.0 Å². The molecule has 14 heteroatoms. The van der Waals surface area contributed by atoms with E-state index in [1.807, 2.05) is 0 Å². The van der Waals surface area contributed by atoms with Crippen molar-refractivity contribution in [2.75, 3.05) is 29.7 Å². The second-order valence-corrected chi connectivity index (χ2v) is 8.18. The summed E-state index contributed by atoms with van der Waals surface area (Å²) < 4.78 is 9.91. The molecule has 0 saturated heterocycles. The minimum atomic E-state index is -1.03. The Morgan fingerprint density at radius 2 is 1.84 bits per heavy atom. The number of benzene rings is 1. The van der Waals surface area contributed by atoms with E-state index in [-0.39, 0.29) is 61.1 Å². The van der Waals surface area contributed by atoms with Gasteiger partial charge in [-0.2, -0.15) is 9.97 Å². The molecule has 0 fully saturated rings. The zero-order valence-electron chi connectivity index (χ0n) is 21.3. The first-order valence-electron chi connectivity index (χ1n) is 11.9. The highest BCUT2D eigenvalue weighted by molar-refractivity contribution is 5.97. The van der Waals surface area contributed by atoms with Gasteiger partial charge in [0, 0.05) is 12.0 Å². The summed E-state index contributed by atoms with van der Waals surface area (Å²) in [5.74, 6) is -1.62. The Bertz CT molecular complexity index is 1330. The number of hydrogen-bond donors (Lipinski definition) is 4. The number of nitrogen functional groups attached to an aromatic ring is 2. The fourth-order valence-electron chi connectivity index (χ4n) is 3.61. The summed E-state index contributed by atoms with van der Waals surface area (Å²) in [5.41, 5.74) is 13.5. The third-order valence-corrected chi connectivity index (χ3v) is 5.37. The molecule has 1 atom stereocenters. The van der Waals surface area contributed by atoms with Crippen LogP contribution in [0, 0.1) is 6.92 Å². The molecule has 1 amide bonds. The zero-order chi connectivity index (χ0) is 27.8. The number of fused-ring (bicyclic) bond motifs is 1. The molecule has 0 aliphatic heterocycles. The van der Waals surface area contributed by atoms with Crippen molar-refractivity contribution in [2.24, 2.45) is 0 Å². The van der Waals surface area contributed by atoms with Crippen molar-refractivity contribution in [3.63, 3.8) is 0 Å². The molecule has 6 N–H and O–H groups in total. The Kier molecular flexibility index (Phi) is 9.27. The molecule has 0 radical (unpaired) electrons. The first kappa shape index (κ1) is 28.0. The van der Waals surface area contributed by atoms with Gasteiger partial charge in [-0.25, -0.2) is 14.8 Å². The third kappa shape index (κ3) is 7.00. The van der Waals surface area contributed by atoms with Gasteiger partial charge < -0.3 is 26.3 Å². The Labute approximate surface area is 218 Å². The highest BCUT2D eigenvalue weighted by atomic mass is 16.5. The number of nitrogens with two attached hydrogens (primary N) is 2. The van der Waals surface area contributed by atoms with E-state index in [1.54, 1.807) is 32.9 Å². The summed E-state index contributed by atoms with van der Waals surface area (Å²) in [4.78, 5) is 53.3. The van der Waals surface area contributed by atoms with E-state index >= 15 is 0 Å². The number of carbonyl (C=O) groups excluding carboxylic acids is 3. The van der Waals surface area contributed by atoms with E-state index in [2.05, 4.69) is 25.3 Å². The first-order valence-corrected chi connectivity index (χ1v) is 11.9. The lowest BCUT2D eigenvalue weighted by molar-refractivity contribution is -0.146. The summed E-state index contributed by atoms with van der Waals surface area (Å²) in [7, 11) is 0. The summed E-state index contributed by atoms with van der Waals surface area (Å²) in [6.45, 7) is 5.33. The standard InChI is InChI=1S/C24H30N8O6/c1-4-37-18(33)9-7-16(23(35)38-5-2)29-22(34)14-6-8-17(13(3)10-14)32(36)12-15-11-27-21-19(28-15)20(25)30-24(26)31-21/h6,8,10-11,16,36H,4-5,7,9,12H2,1-3H3,(H,29,34)(H4,25,26,27,30,31)/t16-/m0/s1. The molecule has 0 aliphatic rings. The van der Waals surface area contributed by atoms with Crippen molar-refractivity contribution in [1.29, 1.82) is 0 Å². The number of amides is 1. The number of nitrogens with zero attached hydrogens (tertiary/aromatic N) is 5. The molecule has 2 aromatic heterocycles. The van der Waals surface area contributed by atoms with Crippen molar-refractivity contribution in [2.45, 2.75) is 46.2 Å². The highest BCUT2D eigenvalue weighted by Gasteiger charge is 2.24. The maximum atomic E-state index is 12.9. The van der Waals surface area contributed by atoms with Crippen LogP contribution >= 0.6 is 0 Å². The Hall–Kier alpha value is -4.59. The lowest BCUT2D eigenvalue weighted by Gasteiger charge is -2.20. The summed E-state index contributed by atoms with van der Waals surface area (Å²) >= 11 is 0. The average molecular weight is 527 g/mol. The van der Waals surface area contributed by atoms with E-state index in [1.165, 1.54) is 12.3 Å². The number of hydroxylamine groups is 1. The normalized spacial score (nSPS) is 11.6. The number of anilines is 3. The maximum absolute atomic E-state index is 12.9. The van der Waals surface area contributed by atoms with Crippen LogP contribution in [0.25, 0.3) is 11.2 Å². The Morgan fingerprint density at radius 3 is 2.53 bits per heavy atom. The number of nitrogens with one attached hydrogen (secondary N) is 1. The van der Waals surface area contributed by atoms with Crippen LogP contribution in [-0.4, -0.2) is 62.2 Å². The number of hydrogen-bond acceptors (Lipinski definition) is 13. The molecule has 3 aromatic rings. The molecule has 0 aliphatic carbocycles. The molecule has 0 saturated carbocycles. The van der Waals surface area contributed by atoms with Crippen molar-refractivity contribution in [1.82, 2.24) is 25.3 Å². The molecular weight excluding hydrogens is 496 g/mol. The molecule has 3 rings (SSSR count). The van der Waals surface area contributed by atoms with Gasteiger partial charge in [-0.15, -0.1) is 0 Å². The SMILES string of the molecule is CCOC(=O)CC[C@H](NC(=O)c1ccc(N(O)Cc2cnc3nc(N)nc(N)c3n2)c(C)c1)C(=O)OCC. The number of carbonyl (C=O) groups is 3. The lowest BCUT2D eigenvalue weighted by atomic mass is 10.1. The van der Waals surface area contributed by atoms with Gasteiger partial charge in [0.15, 0.2) is 17.0 Å². The van der Waals surface area contributed by atoms with Crippen LogP contribution < -0.4 is 21.8 Å². The topological polar surface area (TPSA) is 209 Å². The fraction of sp³-hybridized carbons (Fsp3) is 0.375. The molecule has 2 heterocycles. The predicted molar refractivity (Wildman–Crippen MR) is 137 cm³/mol. The van der Waals surface area contributed by atoms with Crippen LogP contribution in [0.2, 0.25) is 0 Å². The summed E-state index contributed by atoms with van der Waals surface area (Å²) in [6, 6.07) is 3.57. The lowest BCUT2D eigenvalue weighted by Crippen LogP contribution is -2.42. The molecular formula is C24H30N8O6. The minimum Gasteiger partial charge on any atom is -0.466 e. The van der Waals surface area contributed by atoms with Crippen LogP contribution in [-0.2, 0) is 25.6 Å². The number of aromatic nitrogens is 4. The molecule has 202 valence electrons. The molecule has 38 heavy (non-hydrogen) atoms. The third-order valence-electron chi connectivity index (χ3n) is 5.37. The average Bonchev–Trinajstić information content (AvgIpc) is 2.86. The largest absolute Gasteiger partial charge is 0.466 e. The predicted octanol–water partition coefficient (Wildman–Crippen LogP) is 1.29. The Balaban J connectivity index is 1.71. The number of aryl methyl sites for hydroxylation is 1. The second kappa shape index (κ2) is 12.6. The molecule has 0 bridgehead atoms. The highest BCUT2D eigenvalue weighted by Crippen LogP contribution is 2.23. The van der Waals surface area contributed by atoms with Gasteiger partial charge in [0.25, 0.3) is 5.91 Å². The fourth-order valence-corrected chi connectivity index (χ4v) is 3.61. The van der Waals surface area contributed by atoms with Crippen molar-refractivity contribution >= 4 is 46.5 Å². The van der Waals surface area contributed by atoms with Gasteiger partial charge in [0.05, 0.1) is 37.3 Å². The second-order valence-electron chi connectivity index (χ2n) is 8.18. The zero-order valence-corrected chi connectivity index (χ0v) is 21.3. The number of esters is 2. The van der Waals surface area contributed by atoms with Gasteiger partial charge >= 0.3 is 11.9 Å². The summed E-state index contributed by atoms with van der Waals surface area (Å²) in [5, 5.41) is 14.2. The quantitative estimate of drug-likeness (QED) is 0.205. The summed E-state index contributed by atoms with van der Waals surface area (Å²) in [6.07, 6.45) is 1.40. The number of rotatable bonds is 11. The van der Waals surface area contributed by atoms with Crippen LogP contribution in [0.1, 0.15) is 48.3 Å². The van der Waals surface area contributed by atoms with E-state index in [0.29, 0.717) is 16.9 Å². The van der Waals surface area contributed by atoms with Crippen molar-refractivity contribution in [3.05, 3.63) is 41.2 Å². The van der Waals surface area contributed by atoms with E-state index in [4.69, 9.17) is 20.9 Å². The van der Waals surface area contributed by atoms with E-state index < -0.39 is 23.9 Å². The van der Waals surface area contributed by atoms with Crippen LogP contribution in [0.4, 0.5) is 17.5 Å². The minimum absolute atomic E-state index is 0.0202. The van der Waals surface area contributed by atoms with Crippen molar-refractivity contribution < 1.29 is 29.1 Å². The van der Waals surface area contributed by atoms with E-state index in [9.17, 15) is 19.6 Å². The number of ether oxygens (including phenoxy) is 2. The van der Waals surface area contributed by atoms with Gasteiger partial charge in [-0.3, -0.25) is 19.9 Å². The molecule has 14 nitrogen and oxygen atoms in total. The van der Waals surface area contributed by atoms with Crippen LogP contribution in [0.5, 0.6) is 0 Å². The first-order chi connectivity index (χ1) is 18.1. The van der Waals surface area contributed by atoms with E-state index in [0.717, 1.165) is 5.06 Å². The molecule has 0 spiro atoms. The monoisotopic (exact) mass is 526 g/mol. The van der Waals surface area contributed by atoms with Gasteiger partial charge in [-0.1, -0.05) is 0 Å². The van der Waals surface area contributed by atoms with Gasteiger partial charge in [0.2, 0.25) is 5.95 Å². The maximum Gasteiger partial charge on any atom is 0.328 e. The molecule has 0 unspecified atom stereocenters. The van der Waals surface area contributed by atoms with Crippen LogP contribution in [0.3, 0.4) is 0 Å². The molecule has 1 aromatic carbocycles. The van der Waals surface area contributed by atoms with Crippen LogP contribution in [0.15, 0.2) is 24.4 Å². The van der Waals surface area contributed by atoms with Gasteiger partial charge in [0.1, 0.15) is 6.04 Å². The van der Waals surface area contributed by atoms with Crippen molar-refractivity contribution in [3.8, 4) is 0 Å².